The van der Waals surface area contributed by atoms with Crippen molar-refractivity contribution >= 4 is 11.8 Å². The van der Waals surface area contributed by atoms with Gasteiger partial charge in [-0.25, -0.2) is 0 Å². The zero-order chi connectivity index (χ0) is 17.3. The number of fused-ring (bicyclic) bond motifs is 1. The number of aryl methyl sites for hydroxylation is 1. The van der Waals surface area contributed by atoms with E-state index in [0.717, 1.165) is 12.8 Å². The quantitative estimate of drug-likeness (QED) is 0.915. The van der Waals surface area contributed by atoms with Crippen molar-refractivity contribution in [1.29, 1.82) is 0 Å². The molecule has 0 radical (unpaired) electrons. The Morgan fingerprint density at radius 3 is 2.46 bits per heavy atom. The molecule has 2 heterocycles. The molecule has 24 heavy (non-hydrogen) atoms. The summed E-state index contributed by atoms with van der Waals surface area (Å²) in [6, 6.07) is 7.76. The minimum Gasteiger partial charge on any atom is -0.396 e. The Hall–Kier alpha value is -1.88. The van der Waals surface area contributed by atoms with Gasteiger partial charge in [0.2, 0.25) is 5.91 Å². The van der Waals surface area contributed by atoms with Gasteiger partial charge in [-0.05, 0) is 36.5 Å². The molecule has 1 N–H and O–H groups in total. The van der Waals surface area contributed by atoms with Crippen LogP contribution in [-0.2, 0) is 11.2 Å². The van der Waals surface area contributed by atoms with Crippen LogP contribution in [0, 0.1) is 11.3 Å². The van der Waals surface area contributed by atoms with E-state index in [4.69, 9.17) is 0 Å². The van der Waals surface area contributed by atoms with E-state index in [0.29, 0.717) is 31.7 Å². The van der Waals surface area contributed by atoms with E-state index in [-0.39, 0.29) is 29.8 Å². The number of rotatable bonds is 3. The van der Waals surface area contributed by atoms with E-state index in [9.17, 15) is 14.7 Å². The third-order valence-corrected chi connectivity index (χ3v) is 5.72. The summed E-state index contributed by atoms with van der Waals surface area (Å²) in [4.78, 5) is 28.2. The molecule has 2 amide bonds. The standard InChI is InChI=1S/C19H26N2O3/c1-3-15-4-6-16(7-5-15)18(24)20-9-8-17-10-21(14(2)23)12-19(17,11-20)13-22/h4-7,17,22H,3,8-13H2,1-2H3/t17-,19+/m0/s1. The van der Waals surface area contributed by atoms with Gasteiger partial charge in [-0.2, -0.15) is 0 Å². The SMILES string of the molecule is CCc1ccc(C(=O)N2CC[C@H]3CN(C(C)=O)C[C@@]3(CO)C2)cc1. The van der Waals surface area contributed by atoms with Gasteiger partial charge in [0, 0.05) is 44.1 Å². The number of hydrogen-bond acceptors (Lipinski definition) is 3. The molecule has 0 aliphatic carbocycles. The molecule has 2 aliphatic heterocycles. The first-order valence-corrected chi connectivity index (χ1v) is 8.73. The maximum atomic E-state index is 12.8. The van der Waals surface area contributed by atoms with Gasteiger partial charge in [-0.1, -0.05) is 19.1 Å². The number of benzene rings is 1. The Labute approximate surface area is 143 Å². The minimum atomic E-state index is -0.372. The Bertz CT molecular complexity index is 628. The highest BCUT2D eigenvalue weighted by molar-refractivity contribution is 5.94. The number of piperidine rings is 1. The lowest BCUT2D eigenvalue weighted by molar-refractivity contribution is -0.128. The van der Waals surface area contributed by atoms with E-state index in [1.807, 2.05) is 34.1 Å². The molecule has 1 aromatic rings. The van der Waals surface area contributed by atoms with E-state index in [2.05, 4.69) is 6.92 Å². The van der Waals surface area contributed by atoms with Gasteiger partial charge >= 0.3 is 0 Å². The fourth-order valence-corrected chi connectivity index (χ4v) is 4.09. The van der Waals surface area contributed by atoms with Crippen molar-refractivity contribution in [2.24, 2.45) is 11.3 Å². The van der Waals surface area contributed by atoms with Crippen molar-refractivity contribution in [3.63, 3.8) is 0 Å². The Balaban J connectivity index is 1.76. The lowest BCUT2D eigenvalue weighted by Gasteiger charge is -2.43. The van der Waals surface area contributed by atoms with E-state index < -0.39 is 0 Å². The van der Waals surface area contributed by atoms with Crippen LogP contribution in [0.3, 0.4) is 0 Å². The van der Waals surface area contributed by atoms with Crippen LogP contribution >= 0.6 is 0 Å². The molecule has 3 rings (SSSR count). The molecule has 2 atom stereocenters. The highest BCUT2D eigenvalue weighted by Gasteiger charge is 2.50. The molecule has 2 saturated heterocycles. The van der Waals surface area contributed by atoms with Crippen molar-refractivity contribution in [1.82, 2.24) is 9.80 Å². The average molecular weight is 330 g/mol. The summed E-state index contributed by atoms with van der Waals surface area (Å²) in [6.07, 6.45) is 1.79. The smallest absolute Gasteiger partial charge is 0.253 e. The largest absolute Gasteiger partial charge is 0.396 e. The number of hydrogen-bond donors (Lipinski definition) is 1. The van der Waals surface area contributed by atoms with E-state index in [1.54, 1.807) is 6.92 Å². The summed E-state index contributed by atoms with van der Waals surface area (Å²) in [6.45, 7) is 6.12. The Morgan fingerprint density at radius 1 is 1.21 bits per heavy atom. The van der Waals surface area contributed by atoms with Gasteiger partial charge < -0.3 is 14.9 Å². The zero-order valence-corrected chi connectivity index (χ0v) is 14.5. The van der Waals surface area contributed by atoms with Gasteiger partial charge in [0.25, 0.3) is 5.91 Å². The van der Waals surface area contributed by atoms with Gasteiger partial charge in [0.15, 0.2) is 0 Å². The maximum absolute atomic E-state index is 12.8. The van der Waals surface area contributed by atoms with Gasteiger partial charge in [-0.3, -0.25) is 9.59 Å². The summed E-state index contributed by atoms with van der Waals surface area (Å²) in [5.41, 5.74) is 1.54. The van der Waals surface area contributed by atoms with Crippen LogP contribution in [0.15, 0.2) is 24.3 Å². The summed E-state index contributed by atoms with van der Waals surface area (Å²) >= 11 is 0. The molecule has 0 aromatic heterocycles. The highest BCUT2D eigenvalue weighted by Crippen LogP contribution is 2.42. The second kappa shape index (κ2) is 6.55. The average Bonchev–Trinajstić information content (AvgIpc) is 3.01. The van der Waals surface area contributed by atoms with Crippen molar-refractivity contribution in [3.8, 4) is 0 Å². The van der Waals surface area contributed by atoms with Crippen LogP contribution in [0.25, 0.3) is 0 Å². The second-order valence-electron chi connectivity index (χ2n) is 7.18. The molecule has 2 fully saturated rings. The van der Waals surface area contributed by atoms with Crippen LogP contribution in [0.1, 0.15) is 36.2 Å². The monoisotopic (exact) mass is 330 g/mol. The molecule has 2 aliphatic rings. The van der Waals surface area contributed by atoms with Crippen molar-refractivity contribution < 1.29 is 14.7 Å². The van der Waals surface area contributed by atoms with Gasteiger partial charge in [0.1, 0.15) is 0 Å². The number of amides is 2. The molecule has 0 bridgehead atoms. The predicted molar refractivity (Wildman–Crippen MR) is 91.6 cm³/mol. The number of carbonyl (C=O) groups excluding carboxylic acids is 2. The van der Waals surface area contributed by atoms with E-state index >= 15 is 0 Å². The van der Waals surface area contributed by atoms with Crippen LogP contribution in [0.5, 0.6) is 0 Å². The molecule has 0 saturated carbocycles. The Morgan fingerprint density at radius 2 is 1.88 bits per heavy atom. The van der Waals surface area contributed by atoms with Gasteiger partial charge in [-0.15, -0.1) is 0 Å². The maximum Gasteiger partial charge on any atom is 0.253 e. The fourth-order valence-electron chi connectivity index (χ4n) is 4.09. The number of nitrogens with zero attached hydrogens (tertiary/aromatic N) is 2. The van der Waals surface area contributed by atoms with Crippen molar-refractivity contribution in [3.05, 3.63) is 35.4 Å². The van der Waals surface area contributed by atoms with Crippen molar-refractivity contribution in [2.75, 3.05) is 32.8 Å². The van der Waals surface area contributed by atoms with E-state index in [1.165, 1.54) is 5.56 Å². The summed E-state index contributed by atoms with van der Waals surface area (Å²) in [7, 11) is 0. The number of likely N-dealkylation sites (tertiary alicyclic amines) is 2. The summed E-state index contributed by atoms with van der Waals surface area (Å²) in [5, 5.41) is 10.0. The summed E-state index contributed by atoms with van der Waals surface area (Å²) in [5.74, 6) is 0.341. The topological polar surface area (TPSA) is 60.9 Å². The number of carbonyl (C=O) groups is 2. The lowest BCUT2D eigenvalue weighted by Crippen LogP contribution is -2.52. The Kier molecular flexibility index (Phi) is 4.63. The molecule has 5 nitrogen and oxygen atoms in total. The molecular formula is C19H26N2O3. The molecule has 0 unspecified atom stereocenters. The number of aliphatic hydroxyl groups is 1. The molecule has 0 spiro atoms. The van der Waals surface area contributed by atoms with Gasteiger partial charge in [0.05, 0.1) is 6.61 Å². The van der Waals surface area contributed by atoms with Crippen LogP contribution in [0.4, 0.5) is 0 Å². The lowest BCUT2D eigenvalue weighted by atomic mass is 9.74. The second-order valence-corrected chi connectivity index (χ2v) is 7.18. The first-order chi connectivity index (χ1) is 11.5. The molecular weight excluding hydrogens is 304 g/mol. The molecule has 130 valence electrons. The molecule has 5 heteroatoms. The van der Waals surface area contributed by atoms with Crippen LogP contribution < -0.4 is 0 Å². The summed E-state index contributed by atoms with van der Waals surface area (Å²) < 4.78 is 0. The highest BCUT2D eigenvalue weighted by atomic mass is 16.3. The van der Waals surface area contributed by atoms with Crippen molar-refractivity contribution in [2.45, 2.75) is 26.7 Å². The zero-order valence-electron chi connectivity index (χ0n) is 14.5. The van der Waals surface area contributed by atoms with Crippen LogP contribution in [0.2, 0.25) is 0 Å². The third-order valence-electron chi connectivity index (χ3n) is 5.72. The molecule has 1 aromatic carbocycles. The first-order valence-electron chi connectivity index (χ1n) is 8.73. The van der Waals surface area contributed by atoms with Crippen LogP contribution in [-0.4, -0.2) is 59.5 Å². The third kappa shape index (κ3) is 2.93. The fraction of sp³-hybridized carbons (Fsp3) is 0.579. The first kappa shape index (κ1) is 17.0. The normalized spacial score (nSPS) is 26.4. The minimum absolute atomic E-state index is 0.0139. The predicted octanol–water partition coefficient (Wildman–Crippen LogP) is 1.55. The number of aliphatic hydroxyl groups excluding tert-OH is 1.